The molecule has 1 aromatic rings. The Morgan fingerprint density at radius 1 is 1.57 bits per heavy atom. The highest BCUT2D eigenvalue weighted by Crippen LogP contribution is 2.22. The number of rotatable bonds is 3. The average Bonchev–Trinajstić information content (AvgIpc) is 2.16. The normalized spacial score (nSPS) is 11.7. The number of carboxylic acids is 1. The molecule has 1 atom stereocenters. The predicted molar refractivity (Wildman–Crippen MR) is 51.8 cm³/mol. The molecule has 0 heterocycles. The molecule has 0 aliphatic rings. The molecule has 0 aromatic heterocycles. The molecule has 1 aromatic carbocycles. The third kappa shape index (κ3) is 2.33. The van der Waals surface area contributed by atoms with Crippen LogP contribution in [0.4, 0.5) is 0 Å². The summed E-state index contributed by atoms with van der Waals surface area (Å²) < 4.78 is 0. The van der Waals surface area contributed by atoms with Crippen molar-refractivity contribution in [2.45, 2.75) is 19.3 Å². The fourth-order valence-electron chi connectivity index (χ4n) is 1.40. The van der Waals surface area contributed by atoms with Crippen molar-refractivity contribution in [3.63, 3.8) is 0 Å². The Labute approximate surface area is 82.6 Å². The SMILES string of the molecule is CC(CC(=O)O)c1ccccc1C#N. The highest BCUT2D eigenvalue weighted by molar-refractivity contribution is 5.68. The van der Waals surface area contributed by atoms with E-state index in [2.05, 4.69) is 6.07 Å². The van der Waals surface area contributed by atoms with Crippen molar-refractivity contribution >= 4 is 5.97 Å². The summed E-state index contributed by atoms with van der Waals surface area (Å²) in [6.07, 6.45) is 0.0543. The summed E-state index contributed by atoms with van der Waals surface area (Å²) in [5.41, 5.74) is 1.36. The highest BCUT2D eigenvalue weighted by Gasteiger charge is 2.12. The number of benzene rings is 1. The maximum atomic E-state index is 10.5. The van der Waals surface area contributed by atoms with Crippen molar-refractivity contribution in [1.29, 1.82) is 5.26 Å². The monoisotopic (exact) mass is 189 g/mol. The number of nitriles is 1. The van der Waals surface area contributed by atoms with E-state index in [1.165, 1.54) is 0 Å². The minimum absolute atomic E-state index is 0.0543. The number of hydrogen-bond acceptors (Lipinski definition) is 2. The lowest BCUT2D eigenvalue weighted by atomic mass is 9.94. The van der Waals surface area contributed by atoms with Crippen molar-refractivity contribution in [3.05, 3.63) is 35.4 Å². The molecule has 0 aliphatic carbocycles. The van der Waals surface area contributed by atoms with Crippen LogP contribution < -0.4 is 0 Å². The van der Waals surface area contributed by atoms with Crippen LogP contribution in [0.5, 0.6) is 0 Å². The van der Waals surface area contributed by atoms with E-state index in [0.717, 1.165) is 5.56 Å². The number of carbonyl (C=O) groups is 1. The van der Waals surface area contributed by atoms with Crippen LogP contribution in [-0.2, 0) is 4.79 Å². The molecule has 0 aliphatic heterocycles. The van der Waals surface area contributed by atoms with Crippen LogP contribution in [0.2, 0.25) is 0 Å². The van der Waals surface area contributed by atoms with E-state index in [1.54, 1.807) is 18.2 Å². The third-order valence-corrected chi connectivity index (χ3v) is 2.09. The first-order valence-corrected chi connectivity index (χ1v) is 4.36. The van der Waals surface area contributed by atoms with E-state index in [4.69, 9.17) is 10.4 Å². The first kappa shape index (κ1) is 10.3. The molecular formula is C11H11NO2. The van der Waals surface area contributed by atoms with Gasteiger partial charge in [-0.15, -0.1) is 0 Å². The summed E-state index contributed by atoms with van der Waals surface area (Å²) in [5, 5.41) is 17.4. The topological polar surface area (TPSA) is 61.1 Å². The third-order valence-electron chi connectivity index (χ3n) is 2.09. The Morgan fingerprint density at radius 3 is 2.79 bits per heavy atom. The van der Waals surface area contributed by atoms with E-state index >= 15 is 0 Å². The fraction of sp³-hybridized carbons (Fsp3) is 0.273. The Balaban J connectivity index is 2.95. The van der Waals surface area contributed by atoms with Gasteiger partial charge in [-0.05, 0) is 17.5 Å². The predicted octanol–water partition coefficient (Wildman–Crippen LogP) is 2.14. The first-order valence-electron chi connectivity index (χ1n) is 4.36. The molecule has 1 N–H and O–H groups in total. The van der Waals surface area contributed by atoms with Gasteiger partial charge in [0.2, 0.25) is 0 Å². The molecule has 0 radical (unpaired) electrons. The van der Waals surface area contributed by atoms with Gasteiger partial charge in [-0.25, -0.2) is 0 Å². The molecule has 14 heavy (non-hydrogen) atoms. The molecule has 3 heteroatoms. The van der Waals surface area contributed by atoms with Crippen LogP contribution in [0.15, 0.2) is 24.3 Å². The lowest BCUT2D eigenvalue weighted by molar-refractivity contribution is -0.137. The summed E-state index contributed by atoms with van der Waals surface area (Å²) in [6, 6.07) is 9.14. The molecule has 0 saturated carbocycles. The minimum Gasteiger partial charge on any atom is -0.481 e. The van der Waals surface area contributed by atoms with Gasteiger partial charge in [0.15, 0.2) is 0 Å². The quantitative estimate of drug-likeness (QED) is 0.792. The molecule has 0 spiro atoms. The van der Waals surface area contributed by atoms with Gasteiger partial charge in [0, 0.05) is 0 Å². The van der Waals surface area contributed by atoms with Gasteiger partial charge >= 0.3 is 5.97 Å². The smallest absolute Gasteiger partial charge is 0.303 e. The number of carboxylic acid groups (broad SMARTS) is 1. The second-order valence-corrected chi connectivity index (χ2v) is 3.20. The standard InChI is InChI=1S/C11H11NO2/c1-8(6-11(13)14)10-5-3-2-4-9(10)7-12/h2-5,8H,6H2,1H3,(H,13,14). The second kappa shape index (κ2) is 4.43. The van der Waals surface area contributed by atoms with Crippen molar-refractivity contribution in [3.8, 4) is 6.07 Å². The van der Waals surface area contributed by atoms with Gasteiger partial charge in [0.25, 0.3) is 0 Å². The van der Waals surface area contributed by atoms with Crippen LogP contribution >= 0.6 is 0 Å². The van der Waals surface area contributed by atoms with Crippen molar-refractivity contribution in [1.82, 2.24) is 0 Å². The van der Waals surface area contributed by atoms with E-state index in [1.807, 2.05) is 13.0 Å². The van der Waals surface area contributed by atoms with Gasteiger partial charge < -0.3 is 5.11 Å². The first-order chi connectivity index (χ1) is 6.65. The average molecular weight is 189 g/mol. The zero-order chi connectivity index (χ0) is 10.6. The van der Waals surface area contributed by atoms with Crippen LogP contribution in [0, 0.1) is 11.3 Å². The van der Waals surface area contributed by atoms with Crippen LogP contribution in [0.25, 0.3) is 0 Å². The largest absolute Gasteiger partial charge is 0.481 e. The zero-order valence-electron chi connectivity index (χ0n) is 7.90. The summed E-state index contributed by atoms with van der Waals surface area (Å²) in [7, 11) is 0. The summed E-state index contributed by atoms with van der Waals surface area (Å²) in [6.45, 7) is 1.81. The van der Waals surface area contributed by atoms with Gasteiger partial charge in [0.1, 0.15) is 0 Å². The van der Waals surface area contributed by atoms with Crippen LogP contribution in [0.3, 0.4) is 0 Å². The highest BCUT2D eigenvalue weighted by atomic mass is 16.4. The van der Waals surface area contributed by atoms with Crippen LogP contribution in [0.1, 0.15) is 30.4 Å². The Kier molecular flexibility index (Phi) is 3.24. The maximum Gasteiger partial charge on any atom is 0.303 e. The second-order valence-electron chi connectivity index (χ2n) is 3.20. The van der Waals surface area contributed by atoms with E-state index in [-0.39, 0.29) is 12.3 Å². The molecule has 72 valence electrons. The van der Waals surface area contributed by atoms with E-state index < -0.39 is 5.97 Å². The van der Waals surface area contributed by atoms with Crippen LogP contribution in [-0.4, -0.2) is 11.1 Å². The summed E-state index contributed by atoms with van der Waals surface area (Å²) in [4.78, 5) is 10.5. The van der Waals surface area contributed by atoms with Gasteiger partial charge in [-0.3, -0.25) is 4.79 Å². The van der Waals surface area contributed by atoms with Crippen molar-refractivity contribution in [2.75, 3.05) is 0 Å². The molecule has 3 nitrogen and oxygen atoms in total. The van der Waals surface area contributed by atoms with Crippen molar-refractivity contribution in [2.24, 2.45) is 0 Å². The zero-order valence-corrected chi connectivity index (χ0v) is 7.90. The maximum absolute atomic E-state index is 10.5. The molecule has 0 fully saturated rings. The summed E-state index contributed by atoms with van der Waals surface area (Å²) >= 11 is 0. The lowest BCUT2D eigenvalue weighted by Crippen LogP contribution is -2.04. The Hall–Kier alpha value is -1.82. The molecule has 0 bridgehead atoms. The number of aliphatic carboxylic acids is 1. The Morgan fingerprint density at radius 2 is 2.21 bits per heavy atom. The van der Waals surface area contributed by atoms with Gasteiger partial charge in [0.05, 0.1) is 18.1 Å². The minimum atomic E-state index is -0.842. The Bertz CT molecular complexity index is 379. The number of hydrogen-bond donors (Lipinski definition) is 1. The van der Waals surface area contributed by atoms with Gasteiger partial charge in [-0.1, -0.05) is 25.1 Å². The molecule has 0 saturated heterocycles. The molecule has 1 rings (SSSR count). The van der Waals surface area contributed by atoms with Crippen molar-refractivity contribution < 1.29 is 9.90 Å². The molecular weight excluding hydrogens is 178 g/mol. The summed E-state index contributed by atoms with van der Waals surface area (Å²) in [5.74, 6) is -0.964. The molecule has 0 amide bonds. The van der Waals surface area contributed by atoms with E-state index in [0.29, 0.717) is 5.56 Å². The van der Waals surface area contributed by atoms with E-state index in [9.17, 15) is 4.79 Å². The molecule has 1 unspecified atom stereocenters. The fourth-order valence-corrected chi connectivity index (χ4v) is 1.40. The lowest BCUT2D eigenvalue weighted by Gasteiger charge is -2.10. The van der Waals surface area contributed by atoms with Gasteiger partial charge in [-0.2, -0.15) is 5.26 Å². The number of nitrogens with zero attached hydrogens (tertiary/aromatic N) is 1.